The third-order valence-electron chi connectivity index (χ3n) is 8.67. The van der Waals surface area contributed by atoms with Crippen LogP contribution in [0, 0.1) is 0 Å². The number of hydrogen-bond donors (Lipinski definition) is 1. The van der Waals surface area contributed by atoms with Gasteiger partial charge in [-0.05, 0) is 53.1 Å². The van der Waals surface area contributed by atoms with Crippen LogP contribution in [-0.2, 0) is 0 Å². The van der Waals surface area contributed by atoms with E-state index in [1.165, 1.54) is 48.2 Å². The lowest BCUT2D eigenvalue weighted by Gasteiger charge is -2.28. The number of nitrogens with zero attached hydrogens (tertiary/aromatic N) is 1. The van der Waals surface area contributed by atoms with Crippen LogP contribution in [-0.4, -0.2) is 6.04 Å². The van der Waals surface area contributed by atoms with Crippen LogP contribution in [0.2, 0.25) is 0 Å². The van der Waals surface area contributed by atoms with Gasteiger partial charge in [-0.1, -0.05) is 97.1 Å². The maximum Gasteiger partial charge on any atom is 0.196 e. The van der Waals surface area contributed by atoms with E-state index in [9.17, 15) is 0 Å². The van der Waals surface area contributed by atoms with Crippen LogP contribution in [0.1, 0.15) is 23.3 Å². The number of para-hydroxylation sites is 1. The van der Waals surface area contributed by atoms with E-state index >= 15 is 0 Å². The fraction of sp³-hybridized carbons (Fsp3) is 0.0811. The van der Waals surface area contributed by atoms with Crippen molar-refractivity contribution < 1.29 is 4.74 Å². The summed E-state index contributed by atoms with van der Waals surface area (Å²) >= 11 is 1.82. The van der Waals surface area contributed by atoms with Crippen molar-refractivity contribution in [3.8, 4) is 16.9 Å². The Bertz CT molecular complexity index is 2020. The van der Waals surface area contributed by atoms with E-state index < -0.39 is 0 Å². The van der Waals surface area contributed by atoms with Gasteiger partial charge >= 0.3 is 0 Å². The maximum absolute atomic E-state index is 6.54. The van der Waals surface area contributed by atoms with Crippen LogP contribution >= 0.6 is 11.3 Å². The normalized spacial score (nSPS) is 20.1. The number of nitrogens with one attached hydrogen (secondary N) is 1. The Morgan fingerprint density at radius 3 is 2.32 bits per heavy atom. The molecule has 1 N–H and O–H groups in total. The highest BCUT2D eigenvalue weighted by Gasteiger charge is 2.37. The van der Waals surface area contributed by atoms with E-state index in [4.69, 9.17) is 4.74 Å². The Morgan fingerprint density at radius 2 is 1.44 bits per heavy atom. The van der Waals surface area contributed by atoms with E-state index in [0.717, 1.165) is 17.0 Å². The molecular weight excluding hydrogens is 520 g/mol. The lowest BCUT2D eigenvalue weighted by Crippen LogP contribution is -2.28. The van der Waals surface area contributed by atoms with Crippen LogP contribution < -0.4 is 15.0 Å². The SMILES string of the molecule is C1=CC2c3ccccc3N(c3ccc(-c4ccc(C5Nc6ccc7sc8ccccc8c7c6O5)cc4)cc3)C2C=C1. The topological polar surface area (TPSA) is 24.5 Å². The van der Waals surface area contributed by atoms with Crippen LogP contribution in [0.4, 0.5) is 17.1 Å². The summed E-state index contributed by atoms with van der Waals surface area (Å²) in [5.41, 5.74) is 8.49. The molecule has 1 aromatic heterocycles. The number of hydrogen-bond acceptors (Lipinski definition) is 4. The molecule has 5 aromatic carbocycles. The summed E-state index contributed by atoms with van der Waals surface area (Å²) in [5, 5.41) is 6.06. The summed E-state index contributed by atoms with van der Waals surface area (Å²) in [7, 11) is 0. The van der Waals surface area contributed by atoms with Gasteiger partial charge in [0.1, 0.15) is 0 Å². The average molecular weight is 547 g/mol. The second kappa shape index (κ2) is 8.85. The lowest BCUT2D eigenvalue weighted by atomic mass is 9.91. The minimum atomic E-state index is -0.202. The molecule has 6 aromatic rings. The van der Waals surface area contributed by atoms with Gasteiger partial charge in [-0.2, -0.15) is 0 Å². The second-order valence-corrected chi connectivity index (χ2v) is 12.0. The van der Waals surface area contributed by atoms with Gasteiger partial charge in [0.15, 0.2) is 12.0 Å². The van der Waals surface area contributed by atoms with E-state index in [1.54, 1.807) is 0 Å². The number of rotatable bonds is 3. The Kier molecular flexibility index (Phi) is 4.96. The van der Waals surface area contributed by atoms with Crippen LogP contribution in [0.5, 0.6) is 5.75 Å². The Labute approximate surface area is 242 Å². The van der Waals surface area contributed by atoms with Crippen molar-refractivity contribution in [3.63, 3.8) is 0 Å². The number of thiophene rings is 1. The average Bonchev–Trinajstić information content (AvgIpc) is 3.73. The molecule has 0 bridgehead atoms. The predicted octanol–water partition coefficient (Wildman–Crippen LogP) is 9.95. The molecule has 196 valence electrons. The number of benzene rings is 5. The summed E-state index contributed by atoms with van der Waals surface area (Å²) in [6.45, 7) is 0. The summed E-state index contributed by atoms with van der Waals surface area (Å²) in [6, 6.07) is 39.8. The smallest absolute Gasteiger partial charge is 0.196 e. The summed E-state index contributed by atoms with van der Waals surface area (Å²) in [4.78, 5) is 2.47. The Morgan fingerprint density at radius 1 is 0.683 bits per heavy atom. The zero-order chi connectivity index (χ0) is 26.9. The fourth-order valence-corrected chi connectivity index (χ4v) is 7.82. The Balaban J connectivity index is 0.984. The molecule has 1 aliphatic carbocycles. The Hall–Kier alpha value is -4.80. The standard InChI is InChI=1S/C37H26N2OS/c1-4-10-31-27(7-1)28-8-2-5-11-32(28)39(31)26-19-17-24(18-20-26)23-13-15-25(16-14-23)37-38-30-21-22-34-35(36(30)40-37)29-9-3-6-12-33(29)41-34/h1-22,27,31,37-38H. The van der Waals surface area contributed by atoms with Crippen molar-refractivity contribution in [2.24, 2.45) is 0 Å². The lowest BCUT2D eigenvalue weighted by molar-refractivity contribution is 0.263. The zero-order valence-electron chi connectivity index (χ0n) is 22.2. The summed E-state index contributed by atoms with van der Waals surface area (Å²) < 4.78 is 9.09. The quantitative estimate of drug-likeness (QED) is 0.239. The first kappa shape index (κ1) is 23.0. The maximum atomic E-state index is 6.54. The van der Waals surface area contributed by atoms with Gasteiger partial charge in [0.2, 0.25) is 0 Å². The summed E-state index contributed by atoms with van der Waals surface area (Å²) in [6.07, 6.45) is 8.78. The zero-order valence-corrected chi connectivity index (χ0v) is 23.0. The van der Waals surface area contributed by atoms with Gasteiger partial charge in [-0.25, -0.2) is 0 Å². The van der Waals surface area contributed by atoms with E-state index in [2.05, 4.69) is 144 Å². The monoisotopic (exact) mass is 546 g/mol. The van der Waals surface area contributed by atoms with Crippen molar-refractivity contribution in [2.45, 2.75) is 18.2 Å². The molecule has 0 amide bonds. The molecule has 0 radical (unpaired) electrons. The molecule has 3 aliphatic rings. The third-order valence-corrected chi connectivity index (χ3v) is 9.81. The minimum Gasteiger partial charge on any atom is -0.464 e. The molecule has 0 spiro atoms. The molecule has 0 fully saturated rings. The second-order valence-electron chi connectivity index (χ2n) is 10.9. The van der Waals surface area contributed by atoms with Crippen LogP contribution in [0.15, 0.2) is 133 Å². The first-order valence-electron chi connectivity index (χ1n) is 14.1. The molecule has 9 rings (SSSR count). The van der Waals surface area contributed by atoms with E-state index in [0.29, 0.717) is 12.0 Å². The van der Waals surface area contributed by atoms with Gasteiger partial charge in [0.05, 0.1) is 11.7 Å². The molecule has 41 heavy (non-hydrogen) atoms. The van der Waals surface area contributed by atoms with Crippen molar-refractivity contribution >= 4 is 48.6 Å². The van der Waals surface area contributed by atoms with Gasteiger partial charge in [0, 0.05) is 43.0 Å². The van der Waals surface area contributed by atoms with Crippen molar-refractivity contribution in [3.05, 3.63) is 145 Å². The van der Waals surface area contributed by atoms with Gasteiger partial charge in [-0.3, -0.25) is 0 Å². The van der Waals surface area contributed by atoms with Gasteiger partial charge in [0.25, 0.3) is 0 Å². The highest BCUT2D eigenvalue weighted by atomic mass is 32.1. The molecule has 3 unspecified atom stereocenters. The first-order chi connectivity index (χ1) is 20.3. The highest BCUT2D eigenvalue weighted by Crippen LogP contribution is 2.49. The van der Waals surface area contributed by atoms with Crippen molar-refractivity contribution in [1.82, 2.24) is 0 Å². The largest absolute Gasteiger partial charge is 0.464 e. The molecule has 3 nitrogen and oxygen atoms in total. The predicted molar refractivity (Wildman–Crippen MR) is 172 cm³/mol. The van der Waals surface area contributed by atoms with Crippen molar-refractivity contribution in [1.29, 1.82) is 0 Å². The molecule has 2 aliphatic heterocycles. The van der Waals surface area contributed by atoms with E-state index in [1.807, 2.05) is 11.3 Å². The number of anilines is 3. The molecule has 3 atom stereocenters. The highest BCUT2D eigenvalue weighted by molar-refractivity contribution is 7.25. The fourth-order valence-electron chi connectivity index (χ4n) is 6.72. The minimum absolute atomic E-state index is 0.202. The molecular formula is C37H26N2OS. The van der Waals surface area contributed by atoms with Crippen molar-refractivity contribution in [2.75, 3.05) is 10.2 Å². The number of fused-ring (bicyclic) bond motifs is 8. The molecule has 3 heterocycles. The van der Waals surface area contributed by atoms with Gasteiger partial charge < -0.3 is 15.0 Å². The molecule has 0 saturated heterocycles. The van der Waals surface area contributed by atoms with Gasteiger partial charge in [-0.15, -0.1) is 11.3 Å². The van der Waals surface area contributed by atoms with E-state index in [-0.39, 0.29) is 6.23 Å². The van der Waals surface area contributed by atoms with Crippen LogP contribution in [0.3, 0.4) is 0 Å². The number of allylic oxidation sites excluding steroid dienone is 2. The molecule has 4 heteroatoms. The molecule has 0 saturated carbocycles. The first-order valence-corrected chi connectivity index (χ1v) is 14.9. The third kappa shape index (κ3) is 3.51. The number of ether oxygens (including phenoxy) is 1. The van der Waals surface area contributed by atoms with Crippen LogP contribution in [0.25, 0.3) is 31.3 Å². The summed E-state index contributed by atoms with van der Waals surface area (Å²) in [5.74, 6) is 1.36.